The number of carbonyl (C=O) groups is 2. The van der Waals surface area contributed by atoms with Gasteiger partial charge in [0.15, 0.2) is 44.0 Å². The van der Waals surface area contributed by atoms with Crippen molar-refractivity contribution >= 4 is 49.0 Å². The van der Waals surface area contributed by atoms with Gasteiger partial charge in [0.25, 0.3) is 5.91 Å². The standard InChI is InChI=1S/C24H40N10O5.2CHF3O3S.Cu/c25-21-17-22(31-14-30-21)34(15-32-17)24-19(37)18(36)20(39-24)23(38)29-5-3-1-2-4-16(35)33-12-10-27-8-6-26-7-9-28-11-13-33;2*2-1(3,4)8(5,6)7;/h14-15,18-20,24,26-28,36-37H,1-13H2,(H,29,38)(H2,25,30,31);2*(H,5,6,7);/q;;;+2/p-2/t18-,19+,20-,24+;;;/m0.../s1. The molecule has 0 saturated carbocycles. The summed E-state index contributed by atoms with van der Waals surface area (Å²) < 4.78 is 125. The van der Waals surface area contributed by atoms with Crippen molar-refractivity contribution < 1.29 is 93.9 Å². The number of aliphatic hydroxyl groups excluding tert-OH is 2. The molecule has 2 aliphatic heterocycles. The minimum Gasteiger partial charge on any atom is -0.741 e. The number of rotatable bonds is 8. The van der Waals surface area contributed by atoms with Crippen molar-refractivity contribution in [2.45, 2.75) is 61.2 Å². The van der Waals surface area contributed by atoms with Crippen LogP contribution in [0.4, 0.5) is 32.2 Å². The van der Waals surface area contributed by atoms with Gasteiger partial charge in [-0.05, 0) is 12.8 Å². The van der Waals surface area contributed by atoms with Crippen molar-refractivity contribution in [3.05, 3.63) is 12.7 Å². The van der Waals surface area contributed by atoms with E-state index in [-0.39, 0.29) is 28.8 Å². The first-order valence-electron chi connectivity index (χ1n) is 16.1. The molecule has 2 aliphatic rings. The van der Waals surface area contributed by atoms with Crippen molar-refractivity contribution in [1.29, 1.82) is 0 Å². The van der Waals surface area contributed by atoms with Gasteiger partial charge in [-0.3, -0.25) is 14.2 Å². The van der Waals surface area contributed by atoms with Crippen molar-refractivity contribution in [2.75, 3.05) is 64.6 Å². The normalized spacial score (nSPS) is 21.6. The molecule has 21 nitrogen and oxygen atoms in total. The molecule has 0 unspecified atom stereocenters. The molecule has 2 saturated heterocycles. The minimum atomic E-state index is -6.09. The second kappa shape index (κ2) is 22.8. The van der Waals surface area contributed by atoms with Crippen molar-refractivity contribution in [3.8, 4) is 0 Å². The number of imidazole rings is 1. The van der Waals surface area contributed by atoms with Gasteiger partial charge in [0, 0.05) is 65.3 Å². The largest absolute Gasteiger partial charge is 2.00 e. The summed E-state index contributed by atoms with van der Waals surface area (Å²) in [5.41, 5.74) is -4.82. The Bertz CT molecular complexity index is 1710. The SMILES string of the molecule is Nc1ncnc2c1ncn2[C@@H]1O[C@H](C(=O)NCCCCCC(=O)N2CCNCCNCCNCC2)[C@@H](O)[C@H]1O.O=S(=O)([O-])C(F)(F)F.O=S(=O)([O-])C(F)(F)F.[Cu+2]. The molecule has 4 rings (SSSR count). The second-order valence-electron chi connectivity index (χ2n) is 11.5. The summed E-state index contributed by atoms with van der Waals surface area (Å²) in [6.45, 7) is 6.83. The van der Waals surface area contributed by atoms with E-state index in [1.54, 1.807) is 0 Å². The molecule has 0 spiro atoms. The summed E-state index contributed by atoms with van der Waals surface area (Å²) in [6, 6.07) is 0. The van der Waals surface area contributed by atoms with Crippen LogP contribution in [0, 0.1) is 0 Å². The van der Waals surface area contributed by atoms with Crippen molar-refractivity contribution in [3.63, 3.8) is 0 Å². The fourth-order valence-corrected chi connectivity index (χ4v) is 4.73. The number of nitrogens with one attached hydrogen (secondary N) is 4. The third-order valence-electron chi connectivity index (χ3n) is 7.52. The first kappa shape index (κ1) is 51.0. The Hall–Kier alpha value is -3.03. The van der Waals surface area contributed by atoms with Gasteiger partial charge in [-0.2, -0.15) is 26.3 Å². The molecule has 4 heterocycles. The second-order valence-corrected chi connectivity index (χ2v) is 14.3. The molecule has 0 bridgehead atoms. The van der Waals surface area contributed by atoms with Crippen LogP contribution in [0.3, 0.4) is 0 Å². The number of aromatic nitrogens is 4. The molecule has 30 heteroatoms. The summed E-state index contributed by atoms with van der Waals surface area (Å²) in [7, 11) is -12.2. The Labute approximate surface area is 326 Å². The average molecular weight is 910 g/mol. The Morgan fingerprint density at radius 3 is 1.86 bits per heavy atom. The summed E-state index contributed by atoms with van der Waals surface area (Å²) in [5.74, 6) is -0.208. The molecule has 56 heavy (non-hydrogen) atoms. The van der Waals surface area contributed by atoms with Crippen LogP contribution in [-0.2, 0) is 51.6 Å². The zero-order valence-electron chi connectivity index (χ0n) is 28.9. The number of carbonyl (C=O) groups excluding carboxylic acids is 2. The van der Waals surface area contributed by atoms with E-state index in [0.717, 1.165) is 52.1 Å². The summed E-state index contributed by atoms with van der Waals surface area (Å²) in [4.78, 5) is 39.5. The number of hydrogen-bond acceptors (Lipinski definition) is 18. The number of alkyl halides is 6. The molecule has 2 aromatic heterocycles. The number of aliphatic hydroxyl groups is 2. The number of amides is 2. The number of nitrogens with zero attached hydrogens (tertiary/aromatic N) is 5. The Morgan fingerprint density at radius 1 is 0.857 bits per heavy atom. The number of ether oxygens (including phenoxy) is 1. The summed E-state index contributed by atoms with van der Waals surface area (Å²) >= 11 is 0. The van der Waals surface area contributed by atoms with Crippen molar-refractivity contribution in [2.24, 2.45) is 0 Å². The number of nitrogens with two attached hydrogens (primary N) is 1. The molecule has 325 valence electrons. The average Bonchev–Trinajstić information content (AvgIpc) is 3.62. The number of anilines is 1. The van der Waals surface area contributed by atoms with Crippen molar-refractivity contribution in [1.82, 2.24) is 45.7 Å². The molecule has 4 atom stereocenters. The number of halogens is 6. The summed E-state index contributed by atoms with van der Waals surface area (Å²) in [5, 5.41) is 33.8. The van der Waals surface area contributed by atoms with Crippen LogP contribution in [0.2, 0.25) is 0 Å². The predicted octanol–water partition coefficient (Wildman–Crippen LogP) is -2.58. The molecule has 2 fully saturated rings. The predicted molar refractivity (Wildman–Crippen MR) is 174 cm³/mol. The van der Waals surface area contributed by atoms with Crippen LogP contribution in [0.1, 0.15) is 31.9 Å². The van der Waals surface area contributed by atoms with E-state index in [1.807, 2.05) is 4.90 Å². The van der Waals surface area contributed by atoms with Gasteiger partial charge >= 0.3 is 28.1 Å². The maximum absolute atomic E-state index is 12.7. The smallest absolute Gasteiger partial charge is 0.741 e. The number of nitrogen functional groups attached to an aromatic ring is 1. The monoisotopic (exact) mass is 909 g/mol. The van der Waals surface area contributed by atoms with Gasteiger partial charge in [0.05, 0.1) is 6.33 Å². The molecular weight excluding hydrogens is 870 g/mol. The van der Waals surface area contributed by atoms with E-state index in [0.29, 0.717) is 43.6 Å². The van der Waals surface area contributed by atoms with E-state index < -0.39 is 61.7 Å². The number of hydrogen-bond donors (Lipinski definition) is 7. The Balaban J connectivity index is 0.000000773. The van der Waals surface area contributed by atoms with Crippen LogP contribution in [0.25, 0.3) is 11.2 Å². The maximum atomic E-state index is 12.7. The molecule has 8 N–H and O–H groups in total. The van der Waals surface area contributed by atoms with Gasteiger partial charge in [-0.15, -0.1) is 0 Å². The third-order valence-corrected chi connectivity index (χ3v) is 8.65. The molecule has 1 radical (unpaired) electrons. The van der Waals surface area contributed by atoms with Crippen LogP contribution in [-0.4, -0.2) is 161 Å². The van der Waals surface area contributed by atoms with Gasteiger partial charge in [-0.25, -0.2) is 31.8 Å². The number of fused-ring (bicyclic) bond motifs is 1. The molecule has 0 aliphatic carbocycles. The van der Waals surface area contributed by atoms with E-state index in [2.05, 4.69) is 36.2 Å². The molecule has 0 aromatic carbocycles. The van der Waals surface area contributed by atoms with Gasteiger partial charge < -0.3 is 56.0 Å². The van der Waals surface area contributed by atoms with Crippen LogP contribution < -0.4 is 27.0 Å². The zero-order valence-corrected chi connectivity index (χ0v) is 31.5. The first-order valence-corrected chi connectivity index (χ1v) is 19.0. The Kier molecular flexibility index (Phi) is 20.7. The fraction of sp³-hybridized carbons (Fsp3) is 0.731. The minimum absolute atomic E-state index is 0. The molecular formula is C26H40CuF6N10O11S2. The van der Waals surface area contributed by atoms with Crippen LogP contribution in [0.5, 0.6) is 0 Å². The molecule has 2 amide bonds. The summed E-state index contributed by atoms with van der Waals surface area (Å²) in [6.07, 6.45) is 0.148. The van der Waals surface area contributed by atoms with E-state index in [1.165, 1.54) is 17.2 Å². The third kappa shape index (κ3) is 16.1. The molecule has 2 aromatic rings. The number of unbranched alkanes of at least 4 members (excludes halogenated alkanes) is 2. The zero-order chi connectivity index (χ0) is 41.6. The van der Waals surface area contributed by atoms with Gasteiger partial charge in [0.2, 0.25) is 5.91 Å². The van der Waals surface area contributed by atoms with E-state index in [4.69, 9.17) is 36.4 Å². The van der Waals surface area contributed by atoms with E-state index in [9.17, 15) is 46.1 Å². The topological polar surface area (TPSA) is 319 Å². The van der Waals surface area contributed by atoms with Gasteiger partial charge in [-0.1, -0.05) is 6.42 Å². The van der Waals surface area contributed by atoms with Crippen LogP contribution >= 0.6 is 0 Å². The van der Waals surface area contributed by atoms with Crippen LogP contribution in [0.15, 0.2) is 12.7 Å². The Morgan fingerprint density at radius 2 is 1.36 bits per heavy atom. The fourth-order valence-electron chi connectivity index (χ4n) is 4.73. The first-order chi connectivity index (χ1) is 25.5. The quantitative estimate of drug-likeness (QED) is 0.0470. The van der Waals surface area contributed by atoms with E-state index >= 15 is 0 Å². The maximum Gasteiger partial charge on any atom is 2.00 e. The van der Waals surface area contributed by atoms with Gasteiger partial charge in [0.1, 0.15) is 24.1 Å².